The number of halogens is 1. The molecule has 2 aromatic rings. The van der Waals surface area contributed by atoms with Gasteiger partial charge in [0.1, 0.15) is 5.82 Å². The minimum atomic E-state index is -0.268. The maximum Gasteiger partial charge on any atom is 0.193 e. The van der Waals surface area contributed by atoms with E-state index in [4.69, 9.17) is 5.73 Å². The van der Waals surface area contributed by atoms with Gasteiger partial charge in [0.2, 0.25) is 0 Å². The number of hydrogen-bond donors (Lipinski definition) is 2. The molecule has 3 nitrogen and oxygen atoms in total. The zero-order valence-electron chi connectivity index (χ0n) is 11.7. The lowest BCUT2D eigenvalue weighted by atomic mass is 10.1. The number of hydrogen-bond acceptors (Lipinski definition) is 1. The van der Waals surface area contributed by atoms with Crippen LogP contribution in [0.4, 0.5) is 10.1 Å². The molecule has 0 fully saturated rings. The summed E-state index contributed by atoms with van der Waals surface area (Å²) in [5.41, 5.74) is 9.61. The number of benzene rings is 2. The highest BCUT2D eigenvalue weighted by Crippen LogP contribution is 2.14. The standard InChI is InChI=1S/C16H18FN3/c1-11-7-8-14(9-12(11)2)20-16(18)19-10-13-5-3-4-6-15(13)17/h3-9H,10H2,1-2H3,(H3,18,19,20). The Kier molecular flexibility index (Phi) is 4.35. The summed E-state index contributed by atoms with van der Waals surface area (Å²) in [7, 11) is 0. The van der Waals surface area contributed by atoms with Crippen LogP contribution in [0.1, 0.15) is 16.7 Å². The van der Waals surface area contributed by atoms with Crippen molar-refractivity contribution < 1.29 is 4.39 Å². The molecule has 104 valence electrons. The summed E-state index contributed by atoms with van der Waals surface area (Å²) in [6.07, 6.45) is 0. The third-order valence-corrected chi connectivity index (χ3v) is 3.16. The molecule has 0 aromatic heterocycles. The van der Waals surface area contributed by atoms with E-state index in [2.05, 4.69) is 17.2 Å². The van der Waals surface area contributed by atoms with Crippen LogP contribution in [0.2, 0.25) is 0 Å². The number of anilines is 1. The molecule has 0 bridgehead atoms. The minimum absolute atomic E-state index is 0.219. The molecular weight excluding hydrogens is 253 g/mol. The number of nitrogens with one attached hydrogen (secondary N) is 1. The summed E-state index contributed by atoms with van der Waals surface area (Å²) in [5, 5.41) is 3.00. The molecule has 0 saturated heterocycles. The van der Waals surface area contributed by atoms with Crippen molar-refractivity contribution in [1.29, 1.82) is 0 Å². The van der Waals surface area contributed by atoms with Crippen molar-refractivity contribution in [1.82, 2.24) is 0 Å². The molecule has 0 atom stereocenters. The summed E-state index contributed by atoms with van der Waals surface area (Å²) < 4.78 is 13.4. The highest BCUT2D eigenvalue weighted by Gasteiger charge is 2.01. The van der Waals surface area contributed by atoms with Crippen molar-refractivity contribution in [2.75, 3.05) is 5.32 Å². The van der Waals surface area contributed by atoms with Crippen LogP contribution in [0, 0.1) is 19.7 Å². The molecule has 3 N–H and O–H groups in total. The molecule has 0 saturated carbocycles. The van der Waals surface area contributed by atoms with Gasteiger partial charge in [0.05, 0.1) is 6.54 Å². The number of aryl methyl sites for hydroxylation is 2. The first kappa shape index (κ1) is 14.1. The van der Waals surface area contributed by atoms with Crippen molar-refractivity contribution in [2.45, 2.75) is 20.4 Å². The number of guanidine groups is 1. The molecule has 20 heavy (non-hydrogen) atoms. The number of nitrogens with zero attached hydrogens (tertiary/aromatic N) is 1. The van der Waals surface area contributed by atoms with Crippen LogP contribution in [0.25, 0.3) is 0 Å². The van der Waals surface area contributed by atoms with Crippen LogP contribution in [0.15, 0.2) is 47.5 Å². The van der Waals surface area contributed by atoms with Gasteiger partial charge in [0.25, 0.3) is 0 Å². The molecule has 0 aliphatic carbocycles. The molecule has 0 unspecified atom stereocenters. The second-order valence-electron chi connectivity index (χ2n) is 4.72. The molecule has 4 heteroatoms. The predicted octanol–water partition coefficient (Wildman–Crippen LogP) is 3.37. The maximum absolute atomic E-state index is 13.4. The van der Waals surface area contributed by atoms with Gasteiger partial charge in [-0.15, -0.1) is 0 Å². The van der Waals surface area contributed by atoms with Crippen molar-refractivity contribution in [3.63, 3.8) is 0 Å². The van der Waals surface area contributed by atoms with Gasteiger partial charge < -0.3 is 11.1 Å². The van der Waals surface area contributed by atoms with Crippen LogP contribution < -0.4 is 11.1 Å². The highest BCUT2D eigenvalue weighted by atomic mass is 19.1. The van der Waals surface area contributed by atoms with Gasteiger partial charge in [-0.05, 0) is 43.2 Å². The summed E-state index contributed by atoms with van der Waals surface area (Å²) in [5.74, 6) is 0.00624. The molecular formula is C16H18FN3. The Morgan fingerprint density at radius 2 is 1.90 bits per heavy atom. The Bertz CT molecular complexity index is 635. The molecule has 0 radical (unpaired) electrons. The fourth-order valence-electron chi connectivity index (χ4n) is 1.80. The van der Waals surface area contributed by atoms with Gasteiger partial charge in [-0.2, -0.15) is 0 Å². The average molecular weight is 271 g/mol. The van der Waals surface area contributed by atoms with Crippen LogP contribution in [0.3, 0.4) is 0 Å². The highest BCUT2D eigenvalue weighted by molar-refractivity contribution is 5.92. The molecule has 0 amide bonds. The van der Waals surface area contributed by atoms with E-state index in [1.807, 2.05) is 25.1 Å². The van der Waals surface area contributed by atoms with E-state index in [0.29, 0.717) is 5.56 Å². The van der Waals surface area contributed by atoms with Gasteiger partial charge >= 0.3 is 0 Å². The van der Waals surface area contributed by atoms with Crippen molar-refractivity contribution in [3.05, 3.63) is 65.0 Å². The van der Waals surface area contributed by atoms with Gasteiger partial charge in [-0.25, -0.2) is 9.38 Å². The summed E-state index contributed by atoms with van der Waals surface area (Å²) in [6, 6.07) is 12.5. The normalized spacial score (nSPS) is 11.4. The zero-order valence-corrected chi connectivity index (χ0v) is 11.7. The third-order valence-electron chi connectivity index (χ3n) is 3.16. The topological polar surface area (TPSA) is 50.4 Å². The maximum atomic E-state index is 13.4. The lowest BCUT2D eigenvalue weighted by Crippen LogP contribution is -2.22. The molecule has 0 aliphatic rings. The summed E-state index contributed by atoms with van der Waals surface area (Å²) >= 11 is 0. The van der Waals surface area contributed by atoms with E-state index in [1.54, 1.807) is 18.2 Å². The second-order valence-corrected chi connectivity index (χ2v) is 4.72. The van der Waals surface area contributed by atoms with Gasteiger partial charge in [-0.1, -0.05) is 24.3 Å². The van der Waals surface area contributed by atoms with Crippen molar-refractivity contribution in [3.8, 4) is 0 Å². The van der Waals surface area contributed by atoms with Crippen LogP contribution in [0.5, 0.6) is 0 Å². The van der Waals surface area contributed by atoms with E-state index in [9.17, 15) is 4.39 Å². The van der Waals surface area contributed by atoms with E-state index in [-0.39, 0.29) is 18.3 Å². The van der Waals surface area contributed by atoms with E-state index < -0.39 is 0 Å². The summed E-state index contributed by atoms with van der Waals surface area (Å²) in [4.78, 5) is 4.15. The van der Waals surface area contributed by atoms with Crippen molar-refractivity contribution in [2.24, 2.45) is 10.7 Å². The minimum Gasteiger partial charge on any atom is -0.370 e. The lowest BCUT2D eigenvalue weighted by Gasteiger charge is -2.08. The third kappa shape index (κ3) is 3.57. The molecule has 0 aliphatic heterocycles. The van der Waals surface area contributed by atoms with Crippen LogP contribution in [-0.2, 0) is 6.54 Å². The number of aliphatic imine (C=N–C) groups is 1. The zero-order chi connectivity index (χ0) is 14.5. The van der Waals surface area contributed by atoms with Crippen LogP contribution >= 0.6 is 0 Å². The van der Waals surface area contributed by atoms with E-state index in [0.717, 1.165) is 5.69 Å². The van der Waals surface area contributed by atoms with Crippen molar-refractivity contribution >= 4 is 11.6 Å². The number of rotatable bonds is 3. The first-order chi connectivity index (χ1) is 9.56. The van der Waals surface area contributed by atoms with E-state index in [1.165, 1.54) is 17.2 Å². The Labute approximate surface area is 118 Å². The average Bonchev–Trinajstić information content (AvgIpc) is 2.42. The van der Waals surface area contributed by atoms with E-state index >= 15 is 0 Å². The summed E-state index contributed by atoms with van der Waals surface area (Å²) in [6.45, 7) is 4.30. The monoisotopic (exact) mass is 271 g/mol. The van der Waals surface area contributed by atoms with Crippen LogP contribution in [-0.4, -0.2) is 5.96 Å². The largest absolute Gasteiger partial charge is 0.370 e. The predicted molar refractivity (Wildman–Crippen MR) is 81.3 cm³/mol. The Balaban J connectivity index is 2.04. The Morgan fingerprint density at radius 1 is 1.15 bits per heavy atom. The quantitative estimate of drug-likeness (QED) is 0.664. The first-order valence-electron chi connectivity index (χ1n) is 6.44. The molecule has 0 spiro atoms. The van der Waals surface area contributed by atoms with Gasteiger partial charge in [0, 0.05) is 11.3 Å². The molecule has 2 aromatic carbocycles. The first-order valence-corrected chi connectivity index (χ1v) is 6.44. The second kappa shape index (κ2) is 6.19. The molecule has 2 rings (SSSR count). The number of nitrogens with two attached hydrogens (primary N) is 1. The fraction of sp³-hybridized carbons (Fsp3) is 0.188. The smallest absolute Gasteiger partial charge is 0.193 e. The fourth-order valence-corrected chi connectivity index (χ4v) is 1.80. The van der Waals surface area contributed by atoms with Gasteiger partial charge in [-0.3, -0.25) is 0 Å². The Hall–Kier alpha value is -2.36. The Morgan fingerprint density at radius 3 is 2.60 bits per heavy atom. The SMILES string of the molecule is Cc1ccc(NC(N)=NCc2ccccc2F)cc1C. The van der Waals surface area contributed by atoms with Gasteiger partial charge in [0.15, 0.2) is 5.96 Å². The molecule has 0 heterocycles. The lowest BCUT2D eigenvalue weighted by molar-refractivity contribution is 0.611.